The summed E-state index contributed by atoms with van der Waals surface area (Å²) in [4.78, 5) is 20.8. The number of H-pyrrole nitrogens is 1. The Bertz CT molecular complexity index is 971. The highest BCUT2D eigenvalue weighted by Gasteiger charge is 2.27. The summed E-state index contributed by atoms with van der Waals surface area (Å²) in [6, 6.07) is 11.6. The molecule has 0 fully saturated rings. The van der Waals surface area contributed by atoms with E-state index in [1.807, 2.05) is 36.4 Å². The van der Waals surface area contributed by atoms with Crippen molar-refractivity contribution in [3.63, 3.8) is 0 Å². The SMILES string of the molecule is CC(C)(C)c1cc(C(=O)CSCc2nc3ccccc3[nH]2)cc(C(C)(C)C)c1O. The predicted octanol–water partition coefficient (Wildman–Crippen LogP) is 5.98. The van der Waals surface area contributed by atoms with Gasteiger partial charge in [-0.05, 0) is 35.1 Å². The van der Waals surface area contributed by atoms with Crippen LogP contribution in [-0.2, 0) is 16.6 Å². The molecule has 0 saturated carbocycles. The van der Waals surface area contributed by atoms with Gasteiger partial charge in [-0.3, -0.25) is 4.79 Å². The summed E-state index contributed by atoms with van der Waals surface area (Å²) in [5.74, 6) is 2.27. The third-order valence-corrected chi connectivity index (χ3v) is 5.90. The number of carbonyl (C=O) groups is 1. The van der Waals surface area contributed by atoms with Crippen molar-refractivity contribution in [2.75, 3.05) is 5.75 Å². The van der Waals surface area contributed by atoms with E-state index in [0.717, 1.165) is 28.0 Å². The van der Waals surface area contributed by atoms with Gasteiger partial charge in [0.1, 0.15) is 11.6 Å². The number of benzene rings is 2. The summed E-state index contributed by atoms with van der Waals surface area (Å²) in [6.07, 6.45) is 0. The Kier molecular flexibility index (Phi) is 5.81. The van der Waals surface area contributed by atoms with Gasteiger partial charge in [0.25, 0.3) is 0 Å². The maximum Gasteiger partial charge on any atom is 0.172 e. The number of nitrogens with zero attached hydrogens (tertiary/aromatic N) is 1. The fourth-order valence-electron chi connectivity index (χ4n) is 3.34. The van der Waals surface area contributed by atoms with Crippen LogP contribution < -0.4 is 0 Å². The van der Waals surface area contributed by atoms with Crippen molar-refractivity contribution in [2.24, 2.45) is 0 Å². The van der Waals surface area contributed by atoms with Gasteiger partial charge in [0, 0.05) is 16.7 Å². The predicted molar refractivity (Wildman–Crippen MR) is 122 cm³/mol. The first-order valence-electron chi connectivity index (χ1n) is 9.89. The van der Waals surface area contributed by atoms with Crippen LogP contribution in [0.25, 0.3) is 11.0 Å². The molecule has 2 aromatic carbocycles. The summed E-state index contributed by atoms with van der Waals surface area (Å²) in [6.45, 7) is 12.3. The fourth-order valence-corrected chi connectivity index (χ4v) is 4.12. The van der Waals surface area contributed by atoms with Crippen LogP contribution in [0.2, 0.25) is 0 Å². The Hall–Kier alpha value is -2.27. The minimum atomic E-state index is -0.248. The quantitative estimate of drug-likeness (QED) is 0.508. The molecule has 3 rings (SSSR count). The molecule has 0 radical (unpaired) electrons. The number of ketones is 1. The van der Waals surface area contributed by atoms with Crippen LogP contribution in [0.5, 0.6) is 5.75 Å². The molecule has 154 valence electrons. The number of Topliss-reactive ketones (excluding diaryl/α,β-unsaturated/α-hetero) is 1. The van der Waals surface area contributed by atoms with Crippen molar-refractivity contribution in [1.29, 1.82) is 0 Å². The molecule has 4 nitrogen and oxygen atoms in total. The second-order valence-electron chi connectivity index (χ2n) is 9.54. The number of phenolic OH excluding ortho intramolecular Hbond substituents is 1. The molecule has 0 amide bonds. The molecule has 5 heteroatoms. The molecular weight excluding hydrogens is 380 g/mol. The molecule has 0 bridgehead atoms. The molecular formula is C24H30N2O2S. The van der Waals surface area contributed by atoms with Crippen molar-refractivity contribution in [1.82, 2.24) is 9.97 Å². The van der Waals surface area contributed by atoms with Gasteiger partial charge < -0.3 is 10.1 Å². The summed E-state index contributed by atoms with van der Waals surface area (Å²) < 4.78 is 0. The van der Waals surface area contributed by atoms with E-state index in [2.05, 4.69) is 51.5 Å². The maximum atomic E-state index is 12.9. The summed E-state index contributed by atoms with van der Waals surface area (Å²) in [5, 5.41) is 10.8. The monoisotopic (exact) mass is 410 g/mol. The lowest BCUT2D eigenvalue weighted by atomic mass is 9.78. The molecule has 0 atom stereocenters. The molecule has 1 aromatic heterocycles. The zero-order chi connectivity index (χ0) is 21.4. The van der Waals surface area contributed by atoms with E-state index in [1.54, 1.807) is 11.8 Å². The van der Waals surface area contributed by atoms with Crippen molar-refractivity contribution in [2.45, 2.75) is 58.1 Å². The average molecular weight is 411 g/mol. The van der Waals surface area contributed by atoms with Gasteiger partial charge in [0.2, 0.25) is 0 Å². The molecule has 0 spiro atoms. The molecule has 1 heterocycles. The lowest BCUT2D eigenvalue weighted by Crippen LogP contribution is -2.19. The van der Waals surface area contributed by atoms with Gasteiger partial charge >= 0.3 is 0 Å². The lowest BCUT2D eigenvalue weighted by Gasteiger charge is -2.28. The molecule has 2 N–H and O–H groups in total. The smallest absolute Gasteiger partial charge is 0.172 e. The summed E-state index contributed by atoms with van der Waals surface area (Å²) >= 11 is 1.55. The highest BCUT2D eigenvalue weighted by molar-refractivity contribution is 7.99. The number of para-hydroxylation sites is 2. The zero-order valence-corrected chi connectivity index (χ0v) is 18.9. The number of aromatic hydroxyl groups is 1. The minimum absolute atomic E-state index is 0.0714. The number of carbonyl (C=O) groups excluding carboxylic acids is 1. The number of imidazole rings is 1. The van der Waals surface area contributed by atoms with Crippen molar-refractivity contribution >= 4 is 28.6 Å². The highest BCUT2D eigenvalue weighted by atomic mass is 32.2. The topological polar surface area (TPSA) is 66.0 Å². The number of aromatic amines is 1. The minimum Gasteiger partial charge on any atom is -0.507 e. The van der Waals surface area contributed by atoms with Crippen LogP contribution in [0.1, 0.15) is 68.9 Å². The van der Waals surface area contributed by atoms with Crippen molar-refractivity contribution < 1.29 is 9.90 Å². The van der Waals surface area contributed by atoms with Crippen molar-refractivity contribution in [3.05, 3.63) is 58.9 Å². The molecule has 29 heavy (non-hydrogen) atoms. The average Bonchev–Trinajstić information content (AvgIpc) is 3.02. The van der Waals surface area contributed by atoms with E-state index in [-0.39, 0.29) is 16.6 Å². The van der Waals surface area contributed by atoms with Gasteiger partial charge in [0.05, 0.1) is 22.5 Å². The molecule has 0 aliphatic heterocycles. The number of aromatic nitrogens is 2. The van der Waals surface area contributed by atoms with Crippen LogP contribution in [-0.4, -0.2) is 26.6 Å². The third kappa shape index (κ3) is 4.84. The molecule has 0 aliphatic rings. The Labute approximate surface area is 177 Å². The van der Waals surface area contributed by atoms with Gasteiger partial charge in [-0.2, -0.15) is 0 Å². The lowest BCUT2D eigenvalue weighted by molar-refractivity contribution is 0.102. The standard InChI is InChI=1S/C24H30N2O2S/c1-23(2,3)16-11-15(12-17(22(16)28)24(4,5)6)20(27)13-29-14-21-25-18-9-7-8-10-19(18)26-21/h7-12,28H,13-14H2,1-6H3,(H,25,26). The van der Waals surface area contributed by atoms with Crippen molar-refractivity contribution in [3.8, 4) is 5.75 Å². The van der Waals surface area contributed by atoms with Crippen LogP contribution in [0.4, 0.5) is 0 Å². The Morgan fingerprint density at radius 1 is 1.03 bits per heavy atom. The summed E-state index contributed by atoms with van der Waals surface area (Å²) in [5.41, 5.74) is 3.75. The Morgan fingerprint density at radius 2 is 1.62 bits per heavy atom. The number of phenols is 1. The largest absolute Gasteiger partial charge is 0.507 e. The van der Waals surface area contributed by atoms with Gasteiger partial charge in [-0.15, -0.1) is 11.8 Å². The third-order valence-electron chi connectivity index (χ3n) is 4.96. The van der Waals surface area contributed by atoms with E-state index in [4.69, 9.17) is 0 Å². The molecule has 0 aliphatic carbocycles. The highest BCUT2D eigenvalue weighted by Crippen LogP contribution is 2.40. The van der Waals surface area contributed by atoms with Crippen LogP contribution in [0, 0.1) is 0 Å². The Balaban J connectivity index is 1.79. The first-order chi connectivity index (χ1) is 13.5. The van der Waals surface area contributed by atoms with Gasteiger partial charge in [-0.1, -0.05) is 53.7 Å². The first kappa shape index (κ1) is 21.4. The Morgan fingerprint density at radius 3 is 2.17 bits per heavy atom. The number of rotatable bonds is 5. The molecule has 3 aromatic rings. The summed E-state index contributed by atoms with van der Waals surface area (Å²) in [7, 11) is 0. The number of hydrogen-bond acceptors (Lipinski definition) is 4. The van der Waals surface area contributed by atoms with E-state index in [1.165, 1.54) is 0 Å². The van der Waals surface area contributed by atoms with E-state index >= 15 is 0 Å². The molecule has 0 unspecified atom stereocenters. The number of nitrogens with one attached hydrogen (secondary N) is 1. The number of thioether (sulfide) groups is 1. The normalized spacial score (nSPS) is 12.5. The fraction of sp³-hybridized carbons (Fsp3) is 0.417. The van der Waals surface area contributed by atoms with E-state index in [0.29, 0.717) is 22.8 Å². The second-order valence-corrected chi connectivity index (χ2v) is 10.5. The van der Waals surface area contributed by atoms with E-state index < -0.39 is 0 Å². The second kappa shape index (κ2) is 7.86. The van der Waals surface area contributed by atoms with Crippen LogP contribution >= 0.6 is 11.8 Å². The van der Waals surface area contributed by atoms with Gasteiger partial charge in [-0.25, -0.2) is 4.98 Å². The van der Waals surface area contributed by atoms with Crippen LogP contribution in [0.15, 0.2) is 36.4 Å². The zero-order valence-electron chi connectivity index (χ0n) is 18.1. The van der Waals surface area contributed by atoms with E-state index in [9.17, 15) is 9.90 Å². The van der Waals surface area contributed by atoms with Gasteiger partial charge in [0.15, 0.2) is 5.78 Å². The number of hydrogen-bond donors (Lipinski definition) is 2. The maximum absolute atomic E-state index is 12.9. The molecule has 0 saturated heterocycles. The number of fused-ring (bicyclic) bond motifs is 1. The first-order valence-corrected chi connectivity index (χ1v) is 11.0. The van der Waals surface area contributed by atoms with Crippen LogP contribution in [0.3, 0.4) is 0 Å².